The van der Waals surface area contributed by atoms with Gasteiger partial charge in [-0.15, -0.1) is 0 Å². The van der Waals surface area contributed by atoms with Gasteiger partial charge < -0.3 is 15.8 Å². The van der Waals surface area contributed by atoms with Gasteiger partial charge in [0.1, 0.15) is 11.5 Å². The minimum absolute atomic E-state index is 0.0687. The molecule has 1 aromatic heterocycles. The monoisotopic (exact) mass is 302 g/mol. The summed E-state index contributed by atoms with van der Waals surface area (Å²) in [7, 11) is 1.65. The predicted octanol–water partition coefficient (Wildman–Crippen LogP) is 2.29. The molecule has 2 unspecified atom stereocenters. The minimum atomic E-state index is -4.54. The van der Waals surface area contributed by atoms with Crippen LogP contribution in [-0.2, 0) is 6.18 Å². The van der Waals surface area contributed by atoms with Crippen molar-refractivity contribution in [3.05, 3.63) is 23.4 Å². The van der Waals surface area contributed by atoms with Crippen LogP contribution in [0.25, 0.3) is 0 Å². The summed E-state index contributed by atoms with van der Waals surface area (Å²) in [6.07, 6.45) is -3.49. The van der Waals surface area contributed by atoms with Crippen LogP contribution in [0.1, 0.15) is 24.6 Å². The highest BCUT2D eigenvalue weighted by molar-refractivity contribution is 6.01. The molecule has 0 saturated heterocycles. The highest BCUT2D eigenvalue weighted by Crippen LogP contribution is 2.39. The van der Waals surface area contributed by atoms with Crippen molar-refractivity contribution in [3.8, 4) is 0 Å². The summed E-state index contributed by atoms with van der Waals surface area (Å²) < 4.78 is 38.4. The second-order valence-corrected chi connectivity index (χ2v) is 5.40. The second kappa shape index (κ2) is 5.42. The smallest absolute Gasteiger partial charge is 0.409 e. The van der Waals surface area contributed by atoms with Gasteiger partial charge in [0.05, 0.1) is 5.56 Å². The number of hydrogen-bond acceptors (Lipinski definition) is 4. The highest BCUT2D eigenvalue weighted by atomic mass is 19.4. The average Bonchev–Trinajstić information content (AvgIpc) is 3.11. The van der Waals surface area contributed by atoms with Crippen LogP contribution in [0, 0.1) is 11.8 Å². The zero-order chi connectivity index (χ0) is 15.8. The van der Waals surface area contributed by atoms with Gasteiger partial charge in [0.2, 0.25) is 0 Å². The van der Waals surface area contributed by atoms with E-state index in [0.717, 1.165) is 12.5 Å². The van der Waals surface area contributed by atoms with Gasteiger partial charge in [-0.2, -0.15) is 13.2 Å². The fraction of sp³-hybridized carbons (Fsp3) is 0.538. The fourth-order valence-corrected chi connectivity index (χ4v) is 2.24. The number of amidine groups is 1. The van der Waals surface area contributed by atoms with Crippen molar-refractivity contribution in [3.63, 3.8) is 0 Å². The predicted molar refractivity (Wildman–Crippen MR) is 72.3 cm³/mol. The highest BCUT2D eigenvalue weighted by Gasteiger charge is 2.36. The van der Waals surface area contributed by atoms with Crippen molar-refractivity contribution in [2.45, 2.75) is 19.5 Å². The Morgan fingerprint density at radius 2 is 2.14 bits per heavy atom. The van der Waals surface area contributed by atoms with Crippen LogP contribution < -0.4 is 10.6 Å². The van der Waals surface area contributed by atoms with E-state index in [1.54, 1.807) is 11.9 Å². The lowest BCUT2D eigenvalue weighted by molar-refractivity contribution is -0.141. The molecule has 116 valence electrons. The SMILES string of the molecule is CC1CC1CN(C)c1nc(C(F)(F)F)ccc1C(N)=NO. The molecule has 1 aliphatic carbocycles. The Labute approximate surface area is 120 Å². The Bertz CT molecular complexity index is 559. The summed E-state index contributed by atoms with van der Waals surface area (Å²) in [6.45, 7) is 2.67. The molecular weight excluding hydrogens is 285 g/mol. The van der Waals surface area contributed by atoms with E-state index in [1.165, 1.54) is 6.07 Å². The molecule has 2 atom stereocenters. The van der Waals surface area contributed by atoms with Gasteiger partial charge in [-0.25, -0.2) is 4.98 Å². The number of nitrogens with zero attached hydrogens (tertiary/aromatic N) is 3. The number of hydrogen-bond donors (Lipinski definition) is 2. The summed E-state index contributed by atoms with van der Waals surface area (Å²) in [5.74, 6) is 0.804. The molecule has 3 N–H and O–H groups in total. The van der Waals surface area contributed by atoms with Gasteiger partial charge >= 0.3 is 6.18 Å². The van der Waals surface area contributed by atoms with Crippen molar-refractivity contribution >= 4 is 11.7 Å². The Hall–Kier alpha value is -1.99. The quantitative estimate of drug-likeness (QED) is 0.387. The molecule has 8 heteroatoms. The molecule has 1 fully saturated rings. The van der Waals surface area contributed by atoms with Gasteiger partial charge in [0.15, 0.2) is 5.84 Å². The van der Waals surface area contributed by atoms with E-state index in [1.807, 2.05) is 0 Å². The largest absolute Gasteiger partial charge is 0.433 e. The maximum absolute atomic E-state index is 12.8. The van der Waals surface area contributed by atoms with Gasteiger partial charge in [0, 0.05) is 13.6 Å². The molecule has 1 aliphatic rings. The standard InChI is InChI=1S/C13H17F3N4O/c1-7-5-8(7)6-20(2)12-9(11(17)19-21)3-4-10(18-12)13(14,15)16/h3-4,7-8,21H,5-6H2,1-2H3,(H2,17,19). The molecule has 0 amide bonds. The van der Waals surface area contributed by atoms with Crippen LogP contribution >= 0.6 is 0 Å². The maximum Gasteiger partial charge on any atom is 0.433 e. The van der Waals surface area contributed by atoms with Crippen LogP contribution in [0.15, 0.2) is 17.3 Å². The first-order chi connectivity index (χ1) is 9.74. The molecule has 0 spiro atoms. The fourth-order valence-electron chi connectivity index (χ4n) is 2.24. The number of anilines is 1. The van der Waals surface area contributed by atoms with E-state index in [9.17, 15) is 13.2 Å². The van der Waals surface area contributed by atoms with Crippen LogP contribution in [0.4, 0.5) is 19.0 Å². The topological polar surface area (TPSA) is 74.7 Å². The number of nitrogens with two attached hydrogens (primary N) is 1. The lowest BCUT2D eigenvalue weighted by atomic mass is 10.2. The number of pyridine rings is 1. The summed E-state index contributed by atoms with van der Waals surface area (Å²) in [6, 6.07) is 2.00. The minimum Gasteiger partial charge on any atom is -0.409 e. The zero-order valence-electron chi connectivity index (χ0n) is 11.7. The van der Waals surface area contributed by atoms with E-state index in [4.69, 9.17) is 10.9 Å². The maximum atomic E-state index is 12.8. The molecule has 1 saturated carbocycles. The summed E-state index contributed by atoms with van der Waals surface area (Å²) >= 11 is 0. The Balaban J connectivity index is 2.37. The number of oxime groups is 1. The molecule has 5 nitrogen and oxygen atoms in total. The molecule has 0 radical (unpaired) electrons. The first-order valence-corrected chi connectivity index (χ1v) is 6.51. The van der Waals surface area contributed by atoms with Gasteiger partial charge in [-0.3, -0.25) is 0 Å². The number of alkyl halides is 3. The van der Waals surface area contributed by atoms with E-state index < -0.39 is 11.9 Å². The van der Waals surface area contributed by atoms with Gasteiger partial charge in [-0.1, -0.05) is 12.1 Å². The van der Waals surface area contributed by atoms with Crippen molar-refractivity contribution in [2.24, 2.45) is 22.7 Å². The molecular formula is C13H17F3N4O. The van der Waals surface area contributed by atoms with E-state index in [2.05, 4.69) is 17.1 Å². The molecule has 0 aliphatic heterocycles. The van der Waals surface area contributed by atoms with Crippen molar-refractivity contribution < 1.29 is 18.4 Å². The molecule has 2 rings (SSSR count). The normalized spacial score (nSPS) is 22.2. The molecule has 21 heavy (non-hydrogen) atoms. The Kier molecular flexibility index (Phi) is 3.97. The van der Waals surface area contributed by atoms with E-state index in [0.29, 0.717) is 18.4 Å². The lowest BCUT2D eigenvalue weighted by Gasteiger charge is -2.22. The third-order valence-corrected chi connectivity index (χ3v) is 3.70. The zero-order valence-corrected chi connectivity index (χ0v) is 11.7. The van der Waals surface area contributed by atoms with E-state index >= 15 is 0 Å². The molecule has 1 heterocycles. The van der Waals surface area contributed by atoms with E-state index in [-0.39, 0.29) is 17.2 Å². The third-order valence-electron chi connectivity index (χ3n) is 3.70. The Morgan fingerprint density at radius 3 is 2.62 bits per heavy atom. The number of rotatable bonds is 4. The van der Waals surface area contributed by atoms with Crippen molar-refractivity contribution in [1.82, 2.24) is 4.98 Å². The first kappa shape index (κ1) is 15.4. The van der Waals surface area contributed by atoms with Crippen LogP contribution in [-0.4, -0.2) is 29.6 Å². The van der Waals surface area contributed by atoms with Crippen LogP contribution in [0.3, 0.4) is 0 Å². The van der Waals surface area contributed by atoms with Crippen LogP contribution in [0.2, 0.25) is 0 Å². The first-order valence-electron chi connectivity index (χ1n) is 6.51. The Morgan fingerprint density at radius 1 is 1.52 bits per heavy atom. The number of halogens is 3. The molecule has 0 aromatic carbocycles. The van der Waals surface area contributed by atoms with Gasteiger partial charge in [-0.05, 0) is 30.4 Å². The van der Waals surface area contributed by atoms with Crippen molar-refractivity contribution in [1.29, 1.82) is 0 Å². The van der Waals surface area contributed by atoms with Crippen molar-refractivity contribution in [2.75, 3.05) is 18.5 Å². The lowest BCUT2D eigenvalue weighted by Crippen LogP contribution is -2.27. The summed E-state index contributed by atoms with van der Waals surface area (Å²) in [5.41, 5.74) is 4.70. The van der Waals surface area contributed by atoms with Crippen LogP contribution in [0.5, 0.6) is 0 Å². The average molecular weight is 302 g/mol. The number of aromatic nitrogens is 1. The summed E-state index contributed by atoms with van der Waals surface area (Å²) in [4.78, 5) is 5.27. The molecule has 1 aromatic rings. The second-order valence-electron chi connectivity index (χ2n) is 5.40. The third kappa shape index (κ3) is 3.37. The molecule has 0 bridgehead atoms. The summed E-state index contributed by atoms with van der Waals surface area (Å²) in [5, 5.41) is 11.6. The van der Waals surface area contributed by atoms with Gasteiger partial charge in [0.25, 0.3) is 0 Å².